The molecule has 0 saturated heterocycles. The number of rotatable bonds is 8. The second-order valence-corrected chi connectivity index (χ2v) is 9.76. The van der Waals surface area contributed by atoms with Crippen molar-refractivity contribution >= 4 is 58.7 Å². The monoisotopic (exact) mass is 752 g/mol. The van der Waals surface area contributed by atoms with Crippen molar-refractivity contribution in [1.29, 1.82) is 0 Å². The van der Waals surface area contributed by atoms with Gasteiger partial charge in [-0.05, 0) is 83.9 Å². The number of carboxylic acid groups (broad SMARTS) is 2. The third-order valence-corrected chi connectivity index (χ3v) is 6.27. The maximum Gasteiger partial charge on any atom is 1.00 e. The molecule has 0 spiro atoms. The Kier molecular flexibility index (Phi) is 23.0. The minimum Gasteiger partial charge on any atom is -0.545 e. The Hall–Kier alpha value is -5.58. The fourth-order valence-corrected chi connectivity index (χ4v) is 4.07. The Labute approximate surface area is 357 Å². The van der Waals surface area contributed by atoms with Crippen molar-refractivity contribution in [3.63, 3.8) is 0 Å². The molecule has 4 aromatic rings. The molecule has 0 unspecified atom stereocenters. The van der Waals surface area contributed by atoms with Gasteiger partial charge < -0.3 is 50.5 Å². The Bertz CT molecular complexity index is 2010. The Morgan fingerprint density at radius 3 is 1.15 bits per heavy atom. The number of terminal acetylenes is 2. The number of ether oxygens (including phenoxy) is 2. The molecule has 14 nitrogen and oxygen atoms in total. The molecule has 4 rings (SSSR count). The fourth-order valence-electron chi connectivity index (χ4n) is 4.07. The van der Waals surface area contributed by atoms with Crippen molar-refractivity contribution in [1.82, 2.24) is 0 Å². The summed E-state index contributed by atoms with van der Waals surface area (Å²) in [5, 5.41) is 31.8. The molecule has 0 aliphatic carbocycles. The standard InChI is InChI=1S/C19H16N2O5.C17H12N2O5.2CH4.2Na/c1-4-12-6-5-7-15(8-12)20-19(24)21-16-10-13(17(22)25-2)9-14(11-16)18(23)26-3;1-2-10-4-3-5-13(6-10)18-17(24)19-14-8-11(15(20)21)7-12(9-14)16(22)23;;;;/h1,5-11H,2-3H3,(H2,20,21,24);1,3-9H,(H,20,21)(H,22,23)(H2,18,19,24);2*1H4;;/q;;;;2*+1/p-2. The van der Waals surface area contributed by atoms with E-state index in [1.165, 1.54) is 32.4 Å². The van der Waals surface area contributed by atoms with Crippen LogP contribution in [0.15, 0.2) is 84.9 Å². The van der Waals surface area contributed by atoms with E-state index in [-0.39, 0.29) is 96.5 Å². The number of methoxy groups -OCH3 is 2. The van der Waals surface area contributed by atoms with Gasteiger partial charge >= 0.3 is 83.1 Å². The van der Waals surface area contributed by atoms with E-state index in [0.29, 0.717) is 22.5 Å². The van der Waals surface area contributed by atoms with Gasteiger partial charge in [0.25, 0.3) is 0 Å². The van der Waals surface area contributed by atoms with Crippen LogP contribution in [0.25, 0.3) is 0 Å². The van der Waals surface area contributed by atoms with Crippen molar-refractivity contribution in [3.05, 3.63) is 118 Å². The molecule has 0 fully saturated rings. The first-order valence-electron chi connectivity index (χ1n) is 14.0. The fraction of sp³-hybridized carbons (Fsp3) is 0.105. The molecule has 0 radical (unpaired) electrons. The first-order valence-corrected chi connectivity index (χ1v) is 14.0. The van der Waals surface area contributed by atoms with E-state index in [4.69, 9.17) is 12.8 Å². The van der Waals surface area contributed by atoms with Gasteiger partial charge in [-0.3, -0.25) is 0 Å². The summed E-state index contributed by atoms with van der Waals surface area (Å²) in [4.78, 5) is 69.4. The number of anilines is 4. The molecule has 4 N–H and O–H groups in total. The maximum absolute atomic E-state index is 12.2. The van der Waals surface area contributed by atoms with Gasteiger partial charge in [0.05, 0.1) is 37.3 Å². The van der Waals surface area contributed by atoms with Crippen molar-refractivity contribution in [2.75, 3.05) is 35.5 Å². The summed E-state index contributed by atoms with van der Waals surface area (Å²) >= 11 is 0. The van der Waals surface area contributed by atoms with Crippen LogP contribution in [0.1, 0.15) is 67.4 Å². The van der Waals surface area contributed by atoms with Crippen molar-refractivity contribution in [2.24, 2.45) is 0 Å². The minimum absolute atomic E-state index is 0. The number of urea groups is 2. The molecule has 4 aromatic carbocycles. The number of amides is 4. The molecule has 0 aliphatic rings. The number of carboxylic acids is 2. The van der Waals surface area contributed by atoms with Gasteiger partial charge in [-0.2, -0.15) is 0 Å². The smallest absolute Gasteiger partial charge is 0.545 e. The van der Waals surface area contributed by atoms with Crippen molar-refractivity contribution in [3.8, 4) is 24.7 Å². The molecule has 0 heterocycles. The average molecular weight is 753 g/mol. The molecular formula is C38H34N4Na2O10. The third-order valence-electron chi connectivity index (χ3n) is 6.27. The second-order valence-electron chi connectivity index (χ2n) is 9.76. The van der Waals surface area contributed by atoms with Crippen LogP contribution in [0, 0.1) is 24.7 Å². The quantitative estimate of drug-likeness (QED) is 0.0901. The molecule has 268 valence electrons. The first-order chi connectivity index (χ1) is 23.8. The third kappa shape index (κ3) is 15.6. The predicted octanol–water partition coefficient (Wildman–Crippen LogP) is -1.80. The topological polar surface area (TPSA) is 215 Å². The summed E-state index contributed by atoms with van der Waals surface area (Å²) in [7, 11) is 2.43. The van der Waals surface area contributed by atoms with Crippen molar-refractivity contribution in [2.45, 2.75) is 14.9 Å². The molecule has 0 saturated carbocycles. The zero-order chi connectivity index (χ0) is 36.8. The van der Waals surface area contributed by atoms with Crippen LogP contribution in [0.2, 0.25) is 0 Å². The number of hydrogen-bond donors (Lipinski definition) is 4. The summed E-state index contributed by atoms with van der Waals surface area (Å²) in [6.07, 6.45) is 10.6. The van der Waals surface area contributed by atoms with E-state index in [2.05, 4.69) is 42.6 Å². The molecule has 4 amide bonds. The Morgan fingerprint density at radius 2 is 0.833 bits per heavy atom. The molecule has 0 bridgehead atoms. The van der Waals surface area contributed by atoms with Gasteiger partial charge in [-0.15, -0.1) is 12.8 Å². The number of carbonyl (C=O) groups excluding carboxylic acids is 6. The molecule has 0 aliphatic heterocycles. The summed E-state index contributed by atoms with van der Waals surface area (Å²) in [6, 6.07) is 19.0. The average Bonchev–Trinajstić information content (AvgIpc) is 3.10. The van der Waals surface area contributed by atoms with E-state index in [9.17, 15) is 39.0 Å². The molecule has 0 atom stereocenters. The van der Waals surface area contributed by atoms with Crippen LogP contribution < -0.4 is 90.6 Å². The van der Waals surface area contributed by atoms with E-state index in [1.807, 2.05) is 0 Å². The van der Waals surface area contributed by atoms with Gasteiger partial charge in [0.1, 0.15) is 0 Å². The van der Waals surface area contributed by atoms with Crippen LogP contribution in [-0.2, 0) is 9.47 Å². The van der Waals surface area contributed by atoms with Gasteiger partial charge in [-0.1, -0.05) is 38.8 Å². The number of aromatic carboxylic acids is 2. The second kappa shape index (κ2) is 24.6. The zero-order valence-electron chi connectivity index (χ0n) is 28.3. The number of benzene rings is 4. The summed E-state index contributed by atoms with van der Waals surface area (Å²) < 4.78 is 9.30. The zero-order valence-corrected chi connectivity index (χ0v) is 32.3. The maximum atomic E-state index is 12.2. The Morgan fingerprint density at radius 1 is 0.519 bits per heavy atom. The summed E-state index contributed by atoms with van der Waals surface area (Å²) in [6.45, 7) is 0. The van der Waals surface area contributed by atoms with Gasteiger partial charge in [-0.25, -0.2) is 19.2 Å². The van der Waals surface area contributed by atoms with Gasteiger partial charge in [0, 0.05) is 33.9 Å². The largest absolute Gasteiger partial charge is 1.00 e. The molecule has 0 aromatic heterocycles. The van der Waals surface area contributed by atoms with Crippen molar-refractivity contribution < 1.29 is 108 Å². The summed E-state index contributed by atoms with van der Waals surface area (Å²) in [5.74, 6) is 0.418. The van der Waals surface area contributed by atoms with Crippen LogP contribution in [0.4, 0.5) is 32.3 Å². The van der Waals surface area contributed by atoms with E-state index in [0.717, 1.165) is 18.2 Å². The number of carbonyl (C=O) groups is 6. The van der Waals surface area contributed by atoms with Crippen LogP contribution in [0.5, 0.6) is 0 Å². The number of nitrogens with one attached hydrogen (secondary N) is 4. The molecule has 16 heteroatoms. The first kappa shape index (κ1) is 50.5. The predicted molar refractivity (Wildman–Crippen MR) is 192 cm³/mol. The van der Waals surface area contributed by atoms with Gasteiger partial charge in [0.2, 0.25) is 0 Å². The number of esters is 2. The van der Waals surface area contributed by atoms with E-state index < -0.39 is 47.1 Å². The minimum atomic E-state index is -1.58. The van der Waals surface area contributed by atoms with E-state index >= 15 is 0 Å². The van der Waals surface area contributed by atoms with Crippen LogP contribution >= 0.6 is 0 Å². The SMILES string of the molecule is C.C.C#Cc1cccc(NC(=O)Nc2cc(C(=O)OC)cc(C(=O)OC)c2)c1.C#Cc1cccc(NC(=O)Nc2cc(C(=O)[O-])cc(C(=O)[O-])c2)c1.[Na+].[Na+]. The summed E-state index contributed by atoms with van der Waals surface area (Å²) in [5.41, 5.74) is 1.66. The normalized spacial score (nSPS) is 8.89. The number of hydrogen-bond acceptors (Lipinski definition) is 10. The Balaban J connectivity index is 0. The van der Waals surface area contributed by atoms with E-state index in [1.54, 1.807) is 48.5 Å². The van der Waals surface area contributed by atoms with Gasteiger partial charge in [0.15, 0.2) is 0 Å². The van der Waals surface area contributed by atoms with Crippen LogP contribution in [-0.4, -0.2) is 50.2 Å². The molecular weight excluding hydrogens is 718 g/mol. The van der Waals surface area contributed by atoms with Crippen LogP contribution in [0.3, 0.4) is 0 Å². The molecule has 54 heavy (non-hydrogen) atoms.